The van der Waals surface area contributed by atoms with Crippen LogP contribution in [0, 0.1) is 0 Å². The second-order valence-electron chi connectivity index (χ2n) is 3.35. The summed E-state index contributed by atoms with van der Waals surface area (Å²) in [7, 11) is 5.73. The third-order valence-electron chi connectivity index (χ3n) is 1.65. The Morgan fingerprint density at radius 2 is 1.83 bits per heavy atom. The minimum atomic E-state index is -0.392. The molecule has 0 aliphatic heterocycles. The second kappa shape index (κ2) is 5.11. The van der Waals surface area contributed by atoms with Gasteiger partial charge in [-0.15, -0.1) is 0 Å². The first-order valence-electron chi connectivity index (χ1n) is 4.10. The van der Waals surface area contributed by atoms with Crippen LogP contribution in [0.3, 0.4) is 0 Å². The number of nitrogens with zero attached hydrogens (tertiary/aromatic N) is 2. The van der Waals surface area contributed by atoms with E-state index in [4.69, 9.17) is 5.73 Å². The van der Waals surface area contributed by atoms with Gasteiger partial charge in [0.25, 0.3) is 0 Å². The summed E-state index contributed by atoms with van der Waals surface area (Å²) in [5, 5.41) is 0. The standard InChI is InChI=1S/C8H19N3O/c1-7(9)8(12)11(4)6-5-10(2)3/h7H,5-6,9H2,1-4H3/t7-/m1/s1. The summed E-state index contributed by atoms with van der Waals surface area (Å²) in [6.45, 7) is 3.30. The van der Waals surface area contributed by atoms with Gasteiger partial charge in [-0.1, -0.05) is 0 Å². The van der Waals surface area contributed by atoms with Gasteiger partial charge in [-0.05, 0) is 21.0 Å². The smallest absolute Gasteiger partial charge is 0.238 e. The molecule has 0 rings (SSSR count). The molecule has 0 saturated carbocycles. The van der Waals surface area contributed by atoms with Crippen molar-refractivity contribution in [2.24, 2.45) is 5.73 Å². The Hall–Kier alpha value is -0.610. The molecule has 0 spiro atoms. The molecule has 4 heteroatoms. The van der Waals surface area contributed by atoms with Crippen molar-refractivity contribution in [1.29, 1.82) is 0 Å². The molecular formula is C8H19N3O. The van der Waals surface area contributed by atoms with Crippen LogP contribution in [0.5, 0.6) is 0 Å². The van der Waals surface area contributed by atoms with Crippen molar-refractivity contribution in [2.75, 3.05) is 34.2 Å². The number of nitrogens with two attached hydrogens (primary N) is 1. The van der Waals surface area contributed by atoms with E-state index < -0.39 is 6.04 Å². The largest absolute Gasteiger partial charge is 0.343 e. The minimum absolute atomic E-state index is 0.00292. The van der Waals surface area contributed by atoms with Crippen LogP contribution in [0.2, 0.25) is 0 Å². The summed E-state index contributed by atoms with van der Waals surface area (Å²) in [4.78, 5) is 14.9. The van der Waals surface area contributed by atoms with E-state index in [9.17, 15) is 4.79 Å². The van der Waals surface area contributed by atoms with Gasteiger partial charge < -0.3 is 15.5 Å². The number of hydrogen-bond donors (Lipinski definition) is 1. The van der Waals surface area contributed by atoms with E-state index in [1.54, 1.807) is 18.9 Å². The Kier molecular flexibility index (Phi) is 4.85. The Balaban J connectivity index is 3.72. The maximum absolute atomic E-state index is 11.2. The van der Waals surface area contributed by atoms with Crippen LogP contribution in [0.1, 0.15) is 6.92 Å². The quantitative estimate of drug-likeness (QED) is 0.615. The Morgan fingerprint density at radius 1 is 1.33 bits per heavy atom. The van der Waals surface area contributed by atoms with Crippen molar-refractivity contribution in [3.8, 4) is 0 Å². The van der Waals surface area contributed by atoms with Crippen molar-refractivity contribution < 1.29 is 4.79 Å². The summed E-state index contributed by atoms with van der Waals surface area (Å²) in [6.07, 6.45) is 0. The van der Waals surface area contributed by atoms with Gasteiger partial charge in [-0.3, -0.25) is 4.79 Å². The van der Waals surface area contributed by atoms with Crippen LogP contribution < -0.4 is 5.73 Å². The van der Waals surface area contributed by atoms with E-state index >= 15 is 0 Å². The predicted octanol–water partition coefficient (Wildman–Crippen LogP) is -0.646. The van der Waals surface area contributed by atoms with Crippen LogP contribution in [-0.2, 0) is 4.79 Å². The number of hydrogen-bond acceptors (Lipinski definition) is 3. The van der Waals surface area contributed by atoms with E-state index in [0.717, 1.165) is 13.1 Å². The van der Waals surface area contributed by atoms with Gasteiger partial charge in [0.2, 0.25) is 5.91 Å². The molecule has 0 aliphatic carbocycles. The summed E-state index contributed by atoms with van der Waals surface area (Å²) >= 11 is 0. The number of likely N-dealkylation sites (N-methyl/N-ethyl adjacent to an activating group) is 2. The third kappa shape index (κ3) is 4.31. The molecule has 2 N–H and O–H groups in total. The first-order valence-corrected chi connectivity index (χ1v) is 4.10. The monoisotopic (exact) mass is 173 g/mol. The SMILES string of the molecule is C[C@@H](N)C(=O)N(C)CCN(C)C. The van der Waals surface area contributed by atoms with Crippen molar-refractivity contribution >= 4 is 5.91 Å². The van der Waals surface area contributed by atoms with Crippen LogP contribution in [-0.4, -0.2) is 56.0 Å². The van der Waals surface area contributed by atoms with E-state index in [-0.39, 0.29) is 5.91 Å². The van der Waals surface area contributed by atoms with Gasteiger partial charge >= 0.3 is 0 Å². The molecule has 0 unspecified atom stereocenters. The normalized spacial score (nSPS) is 13.2. The molecule has 0 aromatic heterocycles. The highest BCUT2D eigenvalue weighted by atomic mass is 16.2. The maximum atomic E-state index is 11.2. The van der Waals surface area contributed by atoms with Crippen LogP contribution >= 0.6 is 0 Å². The Labute approximate surface area is 74.3 Å². The zero-order valence-electron chi connectivity index (χ0n) is 8.37. The maximum Gasteiger partial charge on any atom is 0.238 e. The zero-order valence-corrected chi connectivity index (χ0v) is 8.37. The molecule has 0 fully saturated rings. The van der Waals surface area contributed by atoms with Crippen molar-refractivity contribution in [3.63, 3.8) is 0 Å². The molecular weight excluding hydrogens is 154 g/mol. The van der Waals surface area contributed by atoms with Crippen LogP contribution in [0.4, 0.5) is 0 Å². The lowest BCUT2D eigenvalue weighted by atomic mass is 10.3. The van der Waals surface area contributed by atoms with Crippen molar-refractivity contribution in [3.05, 3.63) is 0 Å². The fourth-order valence-electron chi connectivity index (χ4n) is 0.808. The summed E-state index contributed by atoms with van der Waals surface area (Å²) in [6, 6.07) is -0.392. The molecule has 0 heterocycles. The average Bonchev–Trinajstić information content (AvgIpc) is 1.98. The van der Waals surface area contributed by atoms with Crippen molar-refractivity contribution in [2.45, 2.75) is 13.0 Å². The summed E-state index contributed by atoms with van der Waals surface area (Å²) in [5.74, 6) is -0.00292. The van der Waals surface area contributed by atoms with E-state index in [0.29, 0.717) is 0 Å². The lowest BCUT2D eigenvalue weighted by Crippen LogP contribution is -2.42. The number of carbonyl (C=O) groups is 1. The lowest BCUT2D eigenvalue weighted by Gasteiger charge is -2.21. The van der Waals surface area contributed by atoms with Gasteiger partial charge in [0.15, 0.2) is 0 Å². The zero-order chi connectivity index (χ0) is 9.72. The Bertz CT molecular complexity index is 145. The van der Waals surface area contributed by atoms with Crippen LogP contribution in [0.25, 0.3) is 0 Å². The van der Waals surface area contributed by atoms with E-state index in [1.165, 1.54) is 0 Å². The molecule has 12 heavy (non-hydrogen) atoms. The minimum Gasteiger partial charge on any atom is -0.343 e. The molecule has 0 aliphatic rings. The molecule has 72 valence electrons. The van der Waals surface area contributed by atoms with Gasteiger partial charge in [0, 0.05) is 20.1 Å². The van der Waals surface area contributed by atoms with E-state index in [2.05, 4.69) is 0 Å². The molecule has 0 aromatic rings. The van der Waals surface area contributed by atoms with Gasteiger partial charge in [0.05, 0.1) is 6.04 Å². The first kappa shape index (κ1) is 11.4. The highest BCUT2D eigenvalue weighted by Crippen LogP contribution is 1.89. The number of carbonyl (C=O) groups excluding carboxylic acids is 1. The number of rotatable bonds is 4. The topological polar surface area (TPSA) is 49.6 Å². The molecule has 0 radical (unpaired) electrons. The summed E-state index contributed by atoms with van der Waals surface area (Å²) in [5.41, 5.74) is 5.44. The first-order chi connectivity index (χ1) is 5.45. The van der Waals surface area contributed by atoms with Gasteiger partial charge in [0.1, 0.15) is 0 Å². The average molecular weight is 173 g/mol. The van der Waals surface area contributed by atoms with Crippen molar-refractivity contribution in [1.82, 2.24) is 9.80 Å². The molecule has 1 amide bonds. The molecule has 4 nitrogen and oxygen atoms in total. The Morgan fingerprint density at radius 3 is 2.17 bits per heavy atom. The molecule has 0 aromatic carbocycles. The fraction of sp³-hybridized carbons (Fsp3) is 0.875. The third-order valence-corrected chi connectivity index (χ3v) is 1.65. The van der Waals surface area contributed by atoms with Crippen LogP contribution in [0.15, 0.2) is 0 Å². The van der Waals surface area contributed by atoms with Gasteiger partial charge in [-0.25, -0.2) is 0 Å². The number of amides is 1. The second-order valence-corrected chi connectivity index (χ2v) is 3.35. The van der Waals surface area contributed by atoms with Gasteiger partial charge in [-0.2, -0.15) is 0 Å². The molecule has 0 bridgehead atoms. The highest BCUT2D eigenvalue weighted by Gasteiger charge is 2.12. The molecule has 1 atom stereocenters. The lowest BCUT2D eigenvalue weighted by molar-refractivity contribution is -0.130. The highest BCUT2D eigenvalue weighted by molar-refractivity contribution is 5.80. The summed E-state index contributed by atoms with van der Waals surface area (Å²) < 4.78 is 0. The predicted molar refractivity (Wildman–Crippen MR) is 49.8 cm³/mol. The molecule has 0 saturated heterocycles. The fourth-order valence-corrected chi connectivity index (χ4v) is 0.808. The van der Waals surface area contributed by atoms with E-state index in [1.807, 2.05) is 19.0 Å².